The molecule has 0 aliphatic carbocycles. The molecule has 0 radical (unpaired) electrons. The lowest BCUT2D eigenvalue weighted by Gasteiger charge is -2.12. The molecular weight excluding hydrogens is 381 g/mol. The number of carbonyl (C=O) groups excluding carboxylic acids is 2. The van der Waals surface area contributed by atoms with Gasteiger partial charge in [-0.15, -0.1) is 0 Å². The third-order valence-corrected chi connectivity index (χ3v) is 4.71. The first-order valence-electron chi connectivity index (χ1n) is 6.78. The van der Waals surface area contributed by atoms with Crippen LogP contribution in [-0.4, -0.2) is 16.0 Å². The topological polar surface area (TPSA) is 37.4 Å². The SMILES string of the molecule is O=C1S/C(=C/c2cccc(F)c2)C(=O)N1Cc1ccc(Br)cc1. The molecule has 0 unspecified atom stereocenters. The summed E-state index contributed by atoms with van der Waals surface area (Å²) in [6.45, 7) is 0.221. The first-order valence-corrected chi connectivity index (χ1v) is 8.39. The number of hydrogen-bond acceptors (Lipinski definition) is 3. The Kier molecular flexibility index (Phi) is 4.63. The number of halogens is 2. The van der Waals surface area contributed by atoms with E-state index in [1.807, 2.05) is 24.3 Å². The summed E-state index contributed by atoms with van der Waals surface area (Å²) in [5, 5.41) is -0.319. The lowest BCUT2D eigenvalue weighted by molar-refractivity contribution is -0.123. The molecule has 2 amide bonds. The summed E-state index contributed by atoms with van der Waals surface area (Å²) in [7, 11) is 0. The van der Waals surface area contributed by atoms with Gasteiger partial charge in [0.2, 0.25) is 0 Å². The van der Waals surface area contributed by atoms with Crippen LogP contribution in [0.25, 0.3) is 6.08 Å². The summed E-state index contributed by atoms with van der Waals surface area (Å²) < 4.78 is 14.1. The normalized spacial score (nSPS) is 16.4. The van der Waals surface area contributed by atoms with Crippen molar-refractivity contribution in [3.63, 3.8) is 0 Å². The van der Waals surface area contributed by atoms with E-state index in [0.717, 1.165) is 21.8 Å². The van der Waals surface area contributed by atoms with Crippen LogP contribution >= 0.6 is 27.7 Å². The molecule has 0 saturated carbocycles. The molecule has 3 nitrogen and oxygen atoms in total. The zero-order valence-corrected chi connectivity index (χ0v) is 14.2. The van der Waals surface area contributed by atoms with Gasteiger partial charge in [0.1, 0.15) is 5.82 Å². The second-order valence-corrected chi connectivity index (χ2v) is 6.86. The Balaban J connectivity index is 1.81. The first kappa shape index (κ1) is 16.0. The van der Waals surface area contributed by atoms with Crippen molar-refractivity contribution in [3.05, 3.63) is 74.9 Å². The van der Waals surface area contributed by atoms with Crippen molar-refractivity contribution in [1.29, 1.82) is 0 Å². The van der Waals surface area contributed by atoms with Gasteiger partial charge >= 0.3 is 0 Å². The molecule has 1 aliphatic rings. The van der Waals surface area contributed by atoms with Crippen molar-refractivity contribution in [3.8, 4) is 0 Å². The second-order valence-electron chi connectivity index (χ2n) is 4.95. The highest BCUT2D eigenvalue weighted by atomic mass is 79.9. The number of imide groups is 1. The predicted molar refractivity (Wildman–Crippen MR) is 92.1 cm³/mol. The third-order valence-electron chi connectivity index (χ3n) is 3.27. The van der Waals surface area contributed by atoms with E-state index in [2.05, 4.69) is 15.9 Å². The van der Waals surface area contributed by atoms with Crippen LogP contribution in [0.5, 0.6) is 0 Å². The molecule has 1 fully saturated rings. The average molecular weight is 392 g/mol. The van der Waals surface area contributed by atoms with Crippen LogP contribution in [0.15, 0.2) is 57.9 Å². The van der Waals surface area contributed by atoms with Crippen molar-refractivity contribution in [2.45, 2.75) is 6.54 Å². The van der Waals surface area contributed by atoms with Crippen LogP contribution in [-0.2, 0) is 11.3 Å². The van der Waals surface area contributed by atoms with E-state index < -0.39 is 0 Å². The molecule has 2 aromatic rings. The Morgan fingerprint density at radius 3 is 2.57 bits per heavy atom. The summed E-state index contributed by atoms with van der Waals surface area (Å²) in [5.74, 6) is -0.736. The van der Waals surface area contributed by atoms with Gasteiger partial charge in [0.15, 0.2) is 0 Å². The fourth-order valence-corrected chi connectivity index (χ4v) is 3.26. The quantitative estimate of drug-likeness (QED) is 0.703. The number of benzene rings is 2. The van der Waals surface area contributed by atoms with E-state index >= 15 is 0 Å². The highest BCUT2D eigenvalue weighted by Gasteiger charge is 2.34. The summed E-state index contributed by atoms with van der Waals surface area (Å²) in [6.07, 6.45) is 1.54. The third kappa shape index (κ3) is 3.71. The zero-order valence-electron chi connectivity index (χ0n) is 11.8. The average Bonchev–Trinajstić information content (AvgIpc) is 2.77. The number of amides is 2. The molecule has 2 aromatic carbocycles. The number of carbonyl (C=O) groups is 2. The van der Waals surface area contributed by atoms with Crippen LogP contribution < -0.4 is 0 Å². The lowest BCUT2D eigenvalue weighted by atomic mass is 10.2. The Hall–Kier alpha value is -1.92. The summed E-state index contributed by atoms with van der Waals surface area (Å²) in [6, 6.07) is 13.3. The lowest BCUT2D eigenvalue weighted by Crippen LogP contribution is -2.27. The van der Waals surface area contributed by atoms with E-state index in [-0.39, 0.29) is 23.5 Å². The minimum Gasteiger partial charge on any atom is -0.268 e. The highest BCUT2D eigenvalue weighted by Crippen LogP contribution is 2.33. The Morgan fingerprint density at radius 2 is 1.87 bits per heavy atom. The van der Waals surface area contributed by atoms with Gasteiger partial charge < -0.3 is 0 Å². The maximum absolute atomic E-state index is 13.2. The molecule has 1 aliphatic heterocycles. The van der Waals surface area contributed by atoms with E-state index in [4.69, 9.17) is 0 Å². The van der Waals surface area contributed by atoms with Gasteiger partial charge in [-0.1, -0.05) is 40.2 Å². The maximum atomic E-state index is 13.2. The van der Waals surface area contributed by atoms with Crippen molar-refractivity contribution in [2.24, 2.45) is 0 Å². The number of rotatable bonds is 3. The van der Waals surface area contributed by atoms with E-state index in [1.165, 1.54) is 23.1 Å². The van der Waals surface area contributed by atoms with Crippen LogP contribution in [0, 0.1) is 5.82 Å². The molecule has 1 heterocycles. The van der Waals surface area contributed by atoms with Gasteiger partial charge in [0, 0.05) is 4.47 Å². The van der Waals surface area contributed by atoms with Gasteiger partial charge in [0.25, 0.3) is 11.1 Å². The zero-order chi connectivity index (χ0) is 16.4. The monoisotopic (exact) mass is 391 g/mol. The largest absolute Gasteiger partial charge is 0.293 e. The molecule has 1 saturated heterocycles. The molecular formula is C17H11BrFNO2S. The summed E-state index contributed by atoms with van der Waals surface area (Å²) in [4.78, 5) is 26.0. The predicted octanol–water partition coefficient (Wildman–Crippen LogP) is 4.82. The van der Waals surface area contributed by atoms with Crippen molar-refractivity contribution < 1.29 is 14.0 Å². The molecule has 0 aromatic heterocycles. The maximum Gasteiger partial charge on any atom is 0.293 e. The van der Waals surface area contributed by atoms with E-state index in [1.54, 1.807) is 12.1 Å². The minimum absolute atomic E-state index is 0.221. The minimum atomic E-state index is -0.382. The van der Waals surface area contributed by atoms with E-state index in [9.17, 15) is 14.0 Å². The molecule has 23 heavy (non-hydrogen) atoms. The van der Waals surface area contributed by atoms with Crippen LogP contribution in [0.1, 0.15) is 11.1 Å². The smallest absolute Gasteiger partial charge is 0.268 e. The molecule has 6 heteroatoms. The molecule has 0 bridgehead atoms. The van der Waals surface area contributed by atoms with Gasteiger partial charge in [-0.3, -0.25) is 14.5 Å². The van der Waals surface area contributed by atoms with Crippen LogP contribution in [0.2, 0.25) is 0 Å². The number of hydrogen-bond donors (Lipinski definition) is 0. The van der Waals surface area contributed by atoms with Crippen molar-refractivity contribution >= 4 is 44.9 Å². The van der Waals surface area contributed by atoms with Gasteiger partial charge in [-0.2, -0.15) is 0 Å². The van der Waals surface area contributed by atoms with Gasteiger partial charge in [-0.25, -0.2) is 4.39 Å². The van der Waals surface area contributed by atoms with Crippen LogP contribution in [0.3, 0.4) is 0 Å². The number of thioether (sulfide) groups is 1. The molecule has 0 atom stereocenters. The highest BCUT2D eigenvalue weighted by molar-refractivity contribution is 9.10. The van der Waals surface area contributed by atoms with Gasteiger partial charge in [0.05, 0.1) is 11.4 Å². The summed E-state index contributed by atoms with van der Waals surface area (Å²) >= 11 is 4.21. The number of nitrogens with zero attached hydrogens (tertiary/aromatic N) is 1. The summed E-state index contributed by atoms with van der Waals surface area (Å²) in [5.41, 5.74) is 1.42. The Labute approximate surface area is 145 Å². The van der Waals surface area contributed by atoms with Crippen molar-refractivity contribution in [1.82, 2.24) is 4.90 Å². The molecule has 116 valence electrons. The molecule has 3 rings (SSSR count). The standard InChI is InChI=1S/C17H11BrFNO2S/c18-13-6-4-11(5-7-13)10-20-16(21)15(23-17(20)22)9-12-2-1-3-14(19)8-12/h1-9H,10H2/b15-9+. The van der Waals surface area contributed by atoms with Crippen molar-refractivity contribution in [2.75, 3.05) is 0 Å². The van der Waals surface area contributed by atoms with Gasteiger partial charge in [-0.05, 0) is 53.2 Å². The first-order chi connectivity index (χ1) is 11.0. The molecule has 0 N–H and O–H groups in total. The second kappa shape index (κ2) is 6.68. The van der Waals surface area contributed by atoms with Crippen LogP contribution in [0.4, 0.5) is 9.18 Å². The Bertz CT molecular complexity index is 804. The Morgan fingerprint density at radius 1 is 1.13 bits per heavy atom. The fourth-order valence-electron chi connectivity index (χ4n) is 2.16. The molecule has 0 spiro atoms. The van der Waals surface area contributed by atoms with E-state index in [0.29, 0.717) is 10.5 Å². The fraction of sp³-hybridized carbons (Fsp3) is 0.0588.